The van der Waals surface area contributed by atoms with E-state index in [4.69, 9.17) is 5.73 Å². The van der Waals surface area contributed by atoms with Gasteiger partial charge in [0.2, 0.25) is 0 Å². The van der Waals surface area contributed by atoms with Gasteiger partial charge in [-0.05, 0) is 42.8 Å². The first-order valence-corrected chi connectivity index (χ1v) is 6.86. The molecule has 0 aromatic heterocycles. The molecule has 0 heterocycles. The Morgan fingerprint density at radius 1 is 1.10 bits per heavy atom. The van der Waals surface area contributed by atoms with Crippen LogP contribution in [0, 0.1) is 6.92 Å². The second-order valence-electron chi connectivity index (χ2n) is 4.44. The second-order valence-corrected chi connectivity index (χ2v) is 5.56. The van der Waals surface area contributed by atoms with Crippen molar-refractivity contribution in [2.24, 2.45) is 5.73 Å². The molecule has 106 valence electrons. The molecule has 0 fully saturated rings. The van der Waals surface area contributed by atoms with Crippen LogP contribution in [-0.2, 0) is 12.7 Å². The number of alkyl halides is 3. The van der Waals surface area contributed by atoms with Crippen molar-refractivity contribution in [2.75, 3.05) is 0 Å². The first-order chi connectivity index (χ1) is 9.40. The molecule has 0 aliphatic rings. The third kappa shape index (κ3) is 3.55. The van der Waals surface area contributed by atoms with E-state index in [9.17, 15) is 13.2 Å². The quantitative estimate of drug-likeness (QED) is 0.894. The minimum atomic E-state index is -4.34. The molecule has 0 saturated heterocycles. The summed E-state index contributed by atoms with van der Waals surface area (Å²) in [5.74, 6) is 0. The molecular weight excluding hydrogens is 283 g/mol. The van der Waals surface area contributed by atoms with Crippen LogP contribution >= 0.6 is 11.8 Å². The highest BCUT2D eigenvalue weighted by atomic mass is 32.2. The summed E-state index contributed by atoms with van der Waals surface area (Å²) in [6.07, 6.45) is -4.34. The van der Waals surface area contributed by atoms with Crippen molar-refractivity contribution in [3.05, 3.63) is 59.2 Å². The van der Waals surface area contributed by atoms with E-state index in [1.807, 2.05) is 31.2 Å². The van der Waals surface area contributed by atoms with Gasteiger partial charge < -0.3 is 5.73 Å². The molecule has 0 unspecified atom stereocenters. The molecular formula is C15H14F3NS. The SMILES string of the molecule is Cc1cccc(Sc2ccc(C(F)(F)F)cc2CN)c1. The van der Waals surface area contributed by atoms with Crippen molar-refractivity contribution < 1.29 is 13.2 Å². The second kappa shape index (κ2) is 5.89. The zero-order valence-electron chi connectivity index (χ0n) is 10.9. The predicted molar refractivity (Wildman–Crippen MR) is 74.6 cm³/mol. The molecule has 2 N–H and O–H groups in total. The summed E-state index contributed by atoms with van der Waals surface area (Å²) in [7, 11) is 0. The van der Waals surface area contributed by atoms with Crippen LogP contribution in [0.3, 0.4) is 0 Å². The lowest BCUT2D eigenvalue weighted by molar-refractivity contribution is -0.137. The molecule has 20 heavy (non-hydrogen) atoms. The summed E-state index contributed by atoms with van der Waals surface area (Å²) >= 11 is 1.42. The Hall–Kier alpha value is -1.46. The van der Waals surface area contributed by atoms with E-state index in [1.54, 1.807) is 0 Å². The summed E-state index contributed by atoms with van der Waals surface area (Å²) in [5.41, 5.74) is 6.52. The molecule has 2 rings (SSSR count). The number of rotatable bonds is 3. The van der Waals surface area contributed by atoms with Crippen LogP contribution in [0.15, 0.2) is 52.3 Å². The minimum Gasteiger partial charge on any atom is -0.326 e. The van der Waals surface area contributed by atoms with Gasteiger partial charge in [-0.25, -0.2) is 0 Å². The molecule has 0 amide bonds. The first-order valence-electron chi connectivity index (χ1n) is 6.05. The number of hydrogen-bond acceptors (Lipinski definition) is 2. The highest BCUT2D eigenvalue weighted by Gasteiger charge is 2.30. The van der Waals surface area contributed by atoms with Gasteiger partial charge in [0, 0.05) is 16.3 Å². The molecule has 0 atom stereocenters. The van der Waals surface area contributed by atoms with E-state index in [0.717, 1.165) is 27.5 Å². The van der Waals surface area contributed by atoms with Gasteiger partial charge >= 0.3 is 6.18 Å². The molecule has 0 aliphatic carbocycles. The Balaban J connectivity index is 2.33. The smallest absolute Gasteiger partial charge is 0.326 e. The average molecular weight is 297 g/mol. The Bertz CT molecular complexity index is 608. The highest BCUT2D eigenvalue weighted by Crippen LogP contribution is 2.35. The number of aryl methyl sites for hydroxylation is 1. The molecule has 2 aromatic carbocycles. The van der Waals surface area contributed by atoms with E-state index in [2.05, 4.69) is 0 Å². The maximum atomic E-state index is 12.7. The molecule has 0 saturated carbocycles. The summed E-state index contributed by atoms with van der Waals surface area (Å²) < 4.78 is 38.0. The summed E-state index contributed by atoms with van der Waals surface area (Å²) in [6, 6.07) is 11.5. The van der Waals surface area contributed by atoms with Gasteiger partial charge in [-0.2, -0.15) is 13.2 Å². The molecule has 5 heteroatoms. The van der Waals surface area contributed by atoms with Crippen molar-refractivity contribution in [1.82, 2.24) is 0 Å². The van der Waals surface area contributed by atoms with Gasteiger partial charge in [-0.1, -0.05) is 29.5 Å². The van der Waals surface area contributed by atoms with Crippen molar-refractivity contribution >= 4 is 11.8 Å². The van der Waals surface area contributed by atoms with Gasteiger partial charge in [0.05, 0.1) is 5.56 Å². The van der Waals surface area contributed by atoms with E-state index in [0.29, 0.717) is 5.56 Å². The van der Waals surface area contributed by atoms with Gasteiger partial charge in [0.15, 0.2) is 0 Å². The predicted octanol–water partition coefficient (Wildman–Crippen LogP) is 4.62. The fourth-order valence-corrected chi connectivity index (χ4v) is 2.88. The van der Waals surface area contributed by atoms with Crippen LogP contribution in [0.2, 0.25) is 0 Å². The fraction of sp³-hybridized carbons (Fsp3) is 0.200. The van der Waals surface area contributed by atoms with Crippen LogP contribution in [0.4, 0.5) is 13.2 Å². The normalized spacial score (nSPS) is 11.7. The number of nitrogens with two attached hydrogens (primary N) is 1. The maximum absolute atomic E-state index is 12.7. The topological polar surface area (TPSA) is 26.0 Å². The third-order valence-corrected chi connectivity index (χ3v) is 3.93. The number of benzene rings is 2. The standard InChI is InChI=1S/C15H14F3NS/c1-10-3-2-4-13(7-10)20-14-6-5-12(15(16,17)18)8-11(14)9-19/h2-8H,9,19H2,1H3. The fourth-order valence-electron chi connectivity index (χ4n) is 1.82. The van der Waals surface area contributed by atoms with E-state index < -0.39 is 11.7 Å². The van der Waals surface area contributed by atoms with Gasteiger partial charge in [-0.15, -0.1) is 0 Å². The molecule has 0 aliphatic heterocycles. The lowest BCUT2D eigenvalue weighted by Gasteiger charge is -2.12. The van der Waals surface area contributed by atoms with Crippen LogP contribution in [0.25, 0.3) is 0 Å². The average Bonchev–Trinajstić information content (AvgIpc) is 2.38. The molecule has 0 radical (unpaired) electrons. The zero-order valence-corrected chi connectivity index (χ0v) is 11.7. The molecule has 0 spiro atoms. The van der Waals surface area contributed by atoms with Crippen molar-refractivity contribution in [3.8, 4) is 0 Å². The van der Waals surface area contributed by atoms with Crippen LogP contribution in [-0.4, -0.2) is 0 Å². The summed E-state index contributed by atoms with van der Waals surface area (Å²) in [6.45, 7) is 2.05. The van der Waals surface area contributed by atoms with E-state index in [1.165, 1.54) is 17.8 Å². The Morgan fingerprint density at radius 3 is 2.45 bits per heavy atom. The van der Waals surface area contributed by atoms with Crippen molar-refractivity contribution in [2.45, 2.75) is 29.4 Å². The van der Waals surface area contributed by atoms with Crippen LogP contribution in [0.1, 0.15) is 16.7 Å². The third-order valence-electron chi connectivity index (χ3n) is 2.83. The lowest BCUT2D eigenvalue weighted by atomic mass is 10.1. The summed E-state index contributed by atoms with van der Waals surface area (Å²) in [5, 5.41) is 0. The lowest BCUT2D eigenvalue weighted by Crippen LogP contribution is -2.07. The van der Waals surface area contributed by atoms with Crippen LogP contribution < -0.4 is 5.73 Å². The van der Waals surface area contributed by atoms with Gasteiger partial charge in [-0.3, -0.25) is 0 Å². The molecule has 1 nitrogen and oxygen atoms in total. The first kappa shape index (κ1) is 14.9. The van der Waals surface area contributed by atoms with E-state index >= 15 is 0 Å². The van der Waals surface area contributed by atoms with Crippen molar-refractivity contribution in [1.29, 1.82) is 0 Å². The largest absolute Gasteiger partial charge is 0.416 e. The number of halogens is 3. The highest BCUT2D eigenvalue weighted by molar-refractivity contribution is 7.99. The maximum Gasteiger partial charge on any atom is 0.416 e. The Morgan fingerprint density at radius 2 is 1.85 bits per heavy atom. The Labute approximate surface area is 120 Å². The zero-order chi connectivity index (χ0) is 14.8. The van der Waals surface area contributed by atoms with Crippen molar-refractivity contribution in [3.63, 3.8) is 0 Å². The van der Waals surface area contributed by atoms with Gasteiger partial charge in [0.1, 0.15) is 0 Å². The monoisotopic (exact) mass is 297 g/mol. The number of hydrogen-bond donors (Lipinski definition) is 1. The molecule has 2 aromatic rings. The Kier molecular flexibility index (Phi) is 4.40. The van der Waals surface area contributed by atoms with Crippen LogP contribution in [0.5, 0.6) is 0 Å². The van der Waals surface area contributed by atoms with E-state index in [-0.39, 0.29) is 6.54 Å². The van der Waals surface area contributed by atoms with Gasteiger partial charge in [0.25, 0.3) is 0 Å². The summed E-state index contributed by atoms with van der Waals surface area (Å²) in [4.78, 5) is 1.74. The minimum absolute atomic E-state index is 0.0814. The molecule has 0 bridgehead atoms.